The summed E-state index contributed by atoms with van der Waals surface area (Å²) in [5, 5.41) is 0. The Bertz CT molecular complexity index is 293. The summed E-state index contributed by atoms with van der Waals surface area (Å²) in [6.07, 6.45) is 32.6. The van der Waals surface area contributed by atoms with E-state index in [0.717, 1.165) is 3.93 Å². The second kappa shape index (κ2) is 27.3. The van der Waals surface area contributed by atoms with Gasteiger partial charge in [0.25, 0.3) is 0 Å². The van der Waals surface area contributed by atoms with Crippen LogP contribution in [0.5, 0.6) is 0 Å². The van der Waals surface area contributed by atoms with Crippen LogP contribution >= 0.6 is 0 Å². The Balaban J connectivity index is -0.00000392. The van der Waals surface area contributed by atoms with Crippen molar-refractivity contribution >= 4 is 18.4 Å². The molecule has 0 amide bonds. The summed E-state index contributed by atoms with van der Waals surface area (Å²) in [4.78, 5) is 8.06. The number of unbranched alkanes of at least 4 members (excludes halogenated alkanes) is 18. The molecule has 0 unspecified atom stereocenters. The molecule has 0 atom stereocenters. The van der Waals surface area contributed by atoms with Gasteiger partial charge in [-0.15, -0.1) is 0 Å². The van der Waals surface area contributed by atoms with Gasteiger partial charge < -0.3 is 18.6 Å². The van der Waals surface area contributed by atoms with E-state index in [1.165, 1.54) is 128 Å². The van der Waals surface area contributed by atoms with Crippen LogP contribution in [-0.4, -0.2) is 18.4 Å². The van der Waals surface area contributed by atoms with Gasteiger partial charge in [0.15, 0.2) is 0 Å². The van der Waals surface area contributed by atoms with Crippen molar-refractivity contribution in [3.8, 4) is 0 Å². The topological polar surface area (TPSA) is 36.5 Å². The molecule has 0 heterocycles. The van der Waals surface area contributed by atoms with Crippen molar-refractivity contribution in [3.63, 3.8) is 0 Å². The normalized spacial score (nSPS) is 11.4. The maximum Gasteiger partial charge on any atom is -0.369 e. The van der Waals surface area contributed by atoms with Crippen LogP contribution in [0.15, 0.2) is 0 Å². The van der Waals surface area contributed by atoms with E-state index in [0.29, 0.717) is 0 Å². The Morgan fingerprint density at radius 1 is 0.419 bits per heavy atom. The fraction of sp³-hybridized carbons (Fsp3) is 1.00. The molecule has 0 aromatic carbocycles. The quantitative estimate of drug-likeness (QED) is 0.0945. The first-order chi connectivity index (χ1) is 14.0. The van der Waals surface area contributed by atoms with Crippen LogP contribution in [0, 0.1) is 0 Å². The van der Waals surface area contributed by atoms with E-state index in [9.17, 15) is 0 Å². The van der Waals surface area contributed by atoms with Crippen molar-refractivity contribution in [1.82, 2.24) is 6.15 Å². The summed E-state index contributed by atoms with van der Waals surface area (Å²) < 4.78 is 1.15. The maximum absolute atomic E-state index is 2.69. The van der Waals surface area contributed by atoms with E-state index in [4.69, 9.17) is 0 Å². The van der Waals surface area contributed by atoms with Crippen molar-refractivity contribution in [2.24, 2.45) is 0 Å². The molecule has 0 aromatic rings. The summed E-state index contributed by atoms with van der Waals surface area (Å²) in [6, 6.07) is 0. The second-order valence-corrected chi connectivity index (χ2v) is 26.8. The fourth-order valence-electron chi connectivity index (χ4n) is 4.77. The minimum atomic E-state index is -1.73. The minimum absolute atomic E-state index is 0. The molecule has 0 bridgehead atoms. The number of halogens is 1. The average Bonchev–Trinajstić information content (AvgIpc) is 2.68. The summed E-state index contributed by atoms with van der Waals surface area (Å²) in [6.45, 7) is 4.62. The van der Waals surface area contributed by atoms with Gasteiger partial charge in [-0.2, -0.15) is 0 Å². The first-order valence-electron chi connectivity index (χ1n) is 14.0. The standard InChI is InChI=1S/C25H51.3CH3.ClH.H3N.Sn/c1-3-5-7-9-11-13-15-17-19-21-23-25-24-22-20-18-16-14-12-10-8-6-4-2;;;;;;/h25H,3-24H2,1-2H3;3*1H3;1H;1H3;. The predicted molar refractivity (Wildman–Crippen MR) is 146 cm³/mol. The molecule has 3 heteroatoms. The molecule has 192 valence electrons. The Morgan fingerprint density at radius 3 is 0.871 bits per heavy atom. The van der Waals surface area contributed by atoms with Crippen LogP contribution in [0.4, 0.5) is 0 Å². The Morgan fingerprint density at radius 2 is 0.645 bits per heavy atom. The van der Waals surface area contributed by atoms with Gasteiger partial charge in [-0.1, -0.05) is 13.8 Å². The molecular formula is C28H64ClNSn. The molecule has 4 N–H and O–H groups in total. The van der Waals surface area contributed by atoms with E-state index in [-0.39, 0.29) is 18.6 Å². The molecule has 0 aliphatic carbocycles. The molecule has 0 aliphatic rings. The number of rotatable bonds is 23. The maximum atomic E-state index is 2.69. The summed E-state index contributed by atoms with van der Waals surface area (Å²) in [5.41, 5.74) is 0. The zero-order chi connectivity index (χ0) is 21.6. The zero-order valence-corrected chi connectivity index (χ0v) is 26.6. The van der Waals surface area contributed by atoms with Crippen molar-refractivity contribution in [2.75, 3.05) is 0 Å². The molecule has 0 saturated heterocycles. The van der Waals surface area contributed by atoms with Crippen LogP contribution in [0.1, 0.15) is 155 Å². The van der Waals surface area contributed by atoms with Crippen molar-refractivity contribution < 1.29 is 12.4 Å². The van der Waals surface area contributed by atoms with Gasteiger partial charge in [0.05, 0.1) is 0 Å². The van der Waals surface area contributed by atoms with Crippen LogP contribution < -0.4 is 18.6 Å². The third kappa shape index (κ3) is 27.2. The Kier molecular flexibility index (Phi) is 32.2. The number of hydrogen-bond acceptors (Lipinski definition) is 0. The van der Waals surface area contributed by atoms with E-state index < -0.39 is 18.4 Å². The van der Waals surface area contributed by atoms with Crippen LogP contribution in [0.25, 0.3) is 0 Å². The first kappa shape index (κ1) is 36.6. The molecule has 0 spiro atoms. The van der Waals surface area contributed by atoms with E-state index in [2.05, 4.69) is 28.7 Å². The predicted octanol–water partition coefficient (Wildman–Crippen LogP) is 8.70. The molecule has 31 heavy (non-hydrogen) atoms. The van der Waals surface area contributed by atoms with Crippen molar-refractivity contribution in [1.29, 1.82) is 0 Å². The van der Waals surface area contributed by atoms with E-state index >= 15 is 0 Å². The minimum Gasteiger partial charge on any atom is -1.00 e. The van der Waals surface area contributed by atoms with Gasteiger partial charge >= 0.3 is 178 Å². The second-order valence-electron chi connectivity index (χ2n) is 11.0. The third-order valence-electron chi connectivity index (χ3n) is 7.04. The average molecular weight is 569 g/mol. The molecular weight excluding hydrogens is 504 g/mol. The Hall–Kier alpha value is 1.05. The fourth-order valence-corrected chi connectivity index (χ4v) is 10.9. The zero-order valence-electron chi connectivity index (χ0n) is 23.0. The molecule has 1 nitrogen and oxygen atoms in total. The van der Waals surface area contributed by atoms with Crippen molar-refractivity contribution in [3.05, 3.63) is 0 Å². The summed E-state index contributed by atoms with van der Waals surface area (Å²) in [7, 11) is 0. The molecule has 0 aromatic heterocycles. The van der Waals surface area contributed by atoms with E-state index in [1.807, 2.05) is 0 Å². The number of quaternary nitrogens is 1. The molecule has 0 rings (SSSR count). The van der Waals surface area contributed by atoms with Gasteiger partial charge in [-0.25, -0.2) is 0 Å². The van der Waals surface area contributed by atoms with E-state index in [1.54, 1.807) is 12.8 Å². The van der Waals surface area contributed by atoms with Gasteiger partial charge in [0.2, 0.25) is 0 Å². The monoisotopic (exact) mass is 569 g/mol. The van der Waals surface area contributed by atoms with Crippen LogP contribution in [-0.2, 0) is 0 Å². The van der Waals surface area contributed by atoms with Crippen LogP contribution in [0.3, 0.4) is 0 Å². The van der Waals surface area contributed by atoms with Gasteiger partial charge in [-0.3, -0.25) is 0 Å². The van der Waals surface area contributed by atoms with Gasteiger partial charge in [0, 0.05) is 0 Å². The number of hydrogen-bond donors (Lipinski definition) is 1. The first-order valence-corrected chi connectivity index (χ1v) is 24.2. The molecule has 0 radical (unpaired) electrons. The smallest absolute Gasteiger partial charge is 0.369 e. The Labute approximate surface area is 209 Å². The van der Waals surface area contributed by atoms with Gasteiger partial charge in [-0.05, 0) is 0 Å². The summed E-state index contributed by atoms with van der Waals surface area (Å²) >= 11 is -1.73. The third-order valence-corrected chi connectivity index (χ3v) is 15.7. The molecule has 0 fully saturated rings. The summed E-state index contributed by atoms with van der Waals surface area (Å²) in [5.74, 6) is 0. The molecule has 0 aliphatic heterocycles. The SMILES string of the molecule is CCCCCCCCCCCC[CH](CCCCCCCCCCCC)[Sn]([CH3])([CH3])[CH3].[Cl-].[NH4+]. The van der Waals surface area contributed by atoms with Crippen LogP contribution in [0.2, 0.25) is 18.8 Å². The van der Waals surface area contributed by atoms with Gasteiger partial charge in [0.1, 0.15) is 0 Å². The van der Waals surface area contributed by atoms with Crippen molar-refractivity contribution in [2.45, 2.75) is 174 Å². The largest absolute Gasteiger partial charge is 1.00 e. The molecule has 0 saturated carbocycles.